The van der Waals surface area contributed by atoms with Crippen molar-refractivity contribution in [2.24, 2.45) is 5.73 Å². The van der Waals surface area contributed by atoms with Crippen LogP contribution in [0.2, 0.25) is 0 Å². The predicted octanol–water partition coefficient (Wildman–Crippen LogP) is 0.980. The topological polar surface area (TPSA) is 122 Å². The van der Waals surface area contributed by atoms with Gasteiger partial charge in [0.25, 0.3) is 0 Å². The minimum atomic E-state index is -1.02. The van der Waals surface area contributed by atoms with Crippen LogP contribution >= 0.6 is 0 Å². The van der Waals surface area contributed by atoms with Crippen molar-refractivity contribution in [3.63, 3.8) is 0 Å². The van der Waals surface area contributed by atoms with Gasteiger partial charge < -0.3 is 21.5 Å². The molecule has 0 saturated heterocycles. The van der Waals surface area contributed by atoms with E-state index in [1.54, 1.807) is 24.3 Å². The first-order valence-corrected chi connectivity index (χ1v) is 5.15. The van der Waals surface area contributed by atoms with E-state index in [4.69, 9.17) is 10.8 Å². The number of rotatable bonds is 5. The lowest BCUT2D eigenvalue weighted by Gasteiger charge is -2.06. The average Bonchev–Trinajstić information content (AvgIpc) is 2.28. The number of nitrogens with one attached hydrogen (secondary N) is 2. The first-order valence-electron chi connectivity index (χ1n) is 5.15. The molecule has 3 amide bonds. The number of hydrogen-bond donors (Lipinski definition) is 4. The molecule has 0 fully saturated rings. The van der Waals surface area contributed by atoms with Crippen LogP contribution in [0.1, 0.15) is 12.8 Å². The second-order valence-electron chi connectivity index (χ2n) is 3.51. The highest BCUT2D eigenvalue weighted by Crippen LogP contribution is 2.13. The van der Waals surface area contributed by atoms with E-state index in [0.29, 0.717) is 11.4 Å². The molecule has 0 aliphatic carbocycles. The molecule has 0 unspecified atom stereocenters. The first-order chi connectivity index (χ1) is 8.47. The number of hydrogen-bond acceptors (Lipinski definition) is 3. The molecule has 1 aromatic carbocycles. The third-order valence-corrected chi connectivity index (χ3v) is 2.00. The Hall–Kier alpha value is -2.57. The van der Waals surface area contributed by atoms with Crippen LogP contribution in [-0.4, -0.2) is 23.0 Å². The fourth-order valence-corrected chi connectivity index (χ4v) is 1.22. The van der Waals surface area contributed by atoms with Gasteiger partial charge in [-0.05, 0) is 24.3 Å². The number of amides is 3. The molecule has 5 N–H and O–H groups in total. The number of anilines is 2. The predicted molar refractivity (Wildman–Crippen MR) is 65.1 cm³/mol. The van der Waals surface area contributed by atoms with E-state index in [0.717, 1.165) is 0 Å². The van der Waals surface area contributed by atoms with E-state index in [1.165, 1.54) is 0 Å². The van der Waals surface area contributed by atoms with E-state index in [-0.39, 0.29) is 18.7 Å². The number of carbonyl (C=O) groups excluding carboxylic acids is 2. The monoisotopic (exact) mass is 251 g/mol. The molecule has 0 radical (unpaired) electrons. The van der Waals surface area contributed by atoms with Gasteiger partial charge in [0.05, 0.1) is 6.42 Å². The fraction of sp³-hybridized carbons (Fsp3) is 0.182. The number of primary amides is 1. The van der Waals surface area contributed by atoms with Gasteiger partial charge >= 0.3 is 12.0 Å². The molecule has 0 atom stereocenters. The van der Waals surface area contributed by atoms with Crippen molar-refractivity contribution in [3.8, 4) is 0 Å². The zero-order valence-corrected chi connectivity index (χ0v) is 9.47. The Morgan fingerprint density at radius 1 is 1.00 bits per heavy atom. The van der Waals surface area contributed by atoms with E-state index < -0.39 is 12.0 Å². The van der Waals surface area contributed by atoms with Gasteiger partial charge in [0, 0.05) is 17.8 Å². The van der Waals surface area contributed by atoms with Crippen LogP contribution in [0.5, 0.6) is 0 Å². The van der Waals surface area contributed by atoms with Crippen LogP contribution in [0.3, 0.4) is 0 Å². The van der Waals surface area contributed by atoms with Crippen molar-refractivity contribution in [1.82, 2.24) is 0 Å². The third kappa shape index (κ3) is 4.97. The molecule has 1 rings (SSSR count). The van der Waals surface area contributed by atoms with Crippen molar-refractivity contribution in [2.45, 2.75) is 12.8 Å². The lowest BCUT2D eigenvalue weighted by atomic mass is 10.2. The summed E-state index contributed by atoms with van der Waals surface area (Å²) in [5.41, 5.74) is 5.96. The van der Waals surface area contributed by atoms with Crippen molar-refractivity contribution in [3.05, 3.63) is 24.3 Å². The summed E-state index contributed by atoms with van der Waals surface area (Å²) in [7, 11) is 0. The Morgan fingerprint density at radius 3 is 1.94 bits per heavy atom. The standard InChI is InChI=1S/C11H13N3O4/c12-11(18)14-8-3-1-7(2-4-8)13-9(15)5-6-10(16)17/h1-4H,5-6H2,(H,13,15)(H,16,17)(H3,12,14,18). The Bertz CT molecular complexity index is 456. The summed E-state index contributed by atoms with van der Waals surface area (Å²) in [6, 6.07) is 5.61. The highest BCUT2D eigenvalue weighted by atomic mass is 16.4. The van der Waals surface area contributed by atoms with Gasteiger partial charge in [-0.15, -0.1) is 0 Å². The minimum Gasteiger partial charge on any atom is -0.481 e. The summed E-state index contributed by atoms with van der Waals surface area (Å²) in [6.45, 7) is 0. The van der Waals surface area contributed by atoms with E-state index >= 15 is 0 Å². The molecule has 0 aliphatic heterocycles. The lowest BCUT2D eigenvalue weighted by molar-refractivity contribution is -0.138. The van der Waals surface area contributed by atoms with E-state index in [1.807, 2.05) is 0 Å². The van der Waals surface area contributed by atoms with Gasteiger partial charge in [-0.2, -0.15) is 0 Å². The molecule has 0 spiro atoms. The number of carbonyl (C=O) groups is 3. The summed E-state index contributed by atoms with van der Waals surface area (Å²) in [5, 5.41) is 13.3. The molecule has 0 aromatic heterocycles. The maximum absolute atomic E-state index is 11.3. The average molecular weight is 251 g/mol. The molecular formula is C11H13N3O4. The Labute approximate surface area is 103 Å². The fourth-order valence-electron chi connectivity index (χ4n) is 1.22. The van der Waals surface area contributed by atoms with Gasteiger partial charge in [-0.25, -0.2) is 4.79 Å². The first kappa shape index (κ1) is 13.5. The summed E-state index contributed by atoms with van der Waals surface area (Å²) in [5.74, 6) is -1.40. The zero-order chi connectivity index (χ0) is 13.5. The quantitative estimate of drug-likeness (QED) is 0.623. The van der Waals surface area contributed by atoms with Crippen LogP contribution in [-0.2, 0) is 9.59 Å². The summed E-state index contributed by atoms with van der Waals surface area (Å²) >= 11 is 0. The van der Waals surface area contributed by atoms with Gasteiger partial charge in [-0.3, -0.25) is 9.59 Å². The van der Waals surface area contributed by atoms with E-state index in [2.05, 4.69) is 10.6 Å². The summed E-state index contributed by atoms with van der Waals surface area (Å²) < 4.78 is 0. The maximum Gasteiger partial charge on any atom is 0.316 e. The zero-order valence-electron chi connectivity index (χ0n) is 9.47. The molecule has 0 saturated carbocycles. The van der Waals surface area contributed by atoms with Crippen molar-refractivity contribution in [2.75, 3.05) is 10.6 Å². The lowest BCUT2D eigenvalue weighted by Crippen LogP contribution is -2.19. The van der Waals surface area contributed by atoms with Crippen molar-refractivity contribution >= 4 is 29.3 Å². The number of benzene rings is 1. The number of carboxylic acid groups (broad SMARTS) is 1. The van der Waals surface area contributed by atoms with Crippen LogP contribution in [0.25, 0.3) is 0 Å². The number of carboxylic acids is 1. The molecule has 96 valence electrons. The minimum absolute atomic E-state index is 0.0867. The van der Waals surface area contributed by atoms with Crippen LogP contribution in [0.15, 0.2) is 24.3 Å². The summed E-state index contributed by atoms with van der Waals surface area (Å²) in [4.78, 5) is 32.2. The second-order valence-corrected chi connectivity index (χ2v) is 3.51. The molecule has 7 heteroatoms. The Balaban J connectivity index is 2.50. The summed E-state index contributed by atoms with van der Waals surface area (Å²) in [6.07, 6.45) is -0.302. The largest absolute Gasteiger partial charge is 0.481 e. The normalized spacial score (nSPS) is 9.56. The van der Waals surface area contributed by atoms with Gasteiger partial charge in [0.2, 0.25) is 5.91 Å². The maximum atomic E-state index is 11.3. The van der Waals surface area contributed by atoms with Crippen LogP contribution in [0, 0.1) is 0 Å². The second kappa shape index (κ2) is 6.24. The molecule has 0 bridgehead atoms. The van der Waals surface area contributed by atoms with Crippen LogP contribution in [0.4, 0.5) is 16.2 Å². The molecule has 7 nitrogen and oxygen atoms in total. The van der Waals surface area contributed by atoms with Gasteiger partial charge in [0.15, 0.2) is 0 Å². The molecule has 1 aromatic rings. The third-order valence-electron chi connectivity index (χ3n) is 2.00. The highest BCUT2D eigenvalue weighted by molar-refractivity contribution is 5.93. The molecule has 0 aliphatic rings. The SMILES string of the molecule is NC(=O)Nc1ccc(NC(=O)CCC(=O)O)cc1. The smallest absolute Gasteiger partial charge is 0.316 e. The molecular weight excluding hydrogens is 238 g/mol. The number of urea groups is 1. The number of nitrogens with two attached hydrogens (primary N) is 1. The van der Waals surface area contributed by atoms with Crippen molar-refractivity contribution < 1.29 is 19.5 Å². The number of aliphatic carboxylic acids is 1. The molecule has 0 heterocycles. The van der Waals surface area contributed by atoms with Crippen LogP contribution < -0.4 is 16.4 Å². The van der Waals surface area contributed by atoms with Gasteiger partial charge in [0.1, 0.15) is 0 Å². The van der Waals surface area contributed by atoms with E-state index in [9.17, 15) is 14.4 Å². The van der Waals surface area contributed by atoms with Crippen molar-refractivity contribution in [1.29, 1.82) is 0 Å². The Kier molecular flexibility index (Phi) is 4.67. The highest BCUT2D eigenvalue weighted by Gasteiger charge is 2.05. The van der Waals surface area contributed by atoms with Gasteiger partial charge in [-0.1, -0.05) is 0 Å². The molecule has 18 heavy (non-hydrogen) atoms. The Morgan fingerprint density at radius 2 is 1.50 bits per heavy atom.